The molecule has 4 unspecified atom stereocenters. The molecule has 3 fully saturated rings. The van der Waals surface area contributed by atoms with Crippen LogP contribution in [0.25, 0.3) is 0 Å². The fourth-order valence-corrected chi connectivity index (χ4v) is 18.7. The lowest BCUT2D eigenvalue weighted by Gasteiger charge is -2.33. The van der Waals surface area contributed by atoms with Gasteiger partial charge in [0.25, 0.3) is 0 Å². The van der Waals surface area contributed by atoms with Gasteiger partial charge in [0.2, 0.25) is 69.4 Å². The van der Waals surface area contributed by atoms with E-state index in [1.165, 1.54) is 52.0 Å². The van der Waals surface area contributed by atoms with Gasteiger partial charge >= 0.3 is 11.9 Å². The maximum absolute atomic E-state index is 14.9. The SMILES string of the molecule is CCCCCC(=O)N[C@H]1CSCc2cc(CSCCNC(=O)CCP(=O)(O)CN3CCN(CP(=O)(O)CO)CCN(CP(=O)(O)CO)CC3)cc(c2)CSCC(C(=O)O)NC(=O)[C@H](Cc2ccccc2)NC(=O)[C@H](CCC(=O)O)NC(=O)[C@H]([C@@H](C)O)NC(=O)[C@@H]2CCCN2C(=O)[C@@H]2CCCN2C1=O. The van der Waals surface area contributed by atoms with E-state index in [9.17, 15) is 102 Å². The lowest BCUT2D eigenvalue weighted by Crippen LogP contribution is -2.61. The molecule has 0 spiro atoms. The van der Waals surface area contributed by atoms with Crippen LogP contribution < -0.4 is 31.9 Å². The number of carbonyl (C=O) groups excluding carboxylic acids is 8. The maximum Gasteiger partial charge on any atom is 0.327 e. The summed E-state index contributed by atoms with van der Waals surface area (Å²) < 4.78 is 38.6. The van der Waals surface area contributed by atoms with Gasteiger partial charge < -0.3 is 81.9 Å². The molecule has 14 N–H and O–H groups in total. The summed E-state index contributed by atoms with van der Waals surface area (Å²) in [6, 6.07) is 4.44. The monoisotopic (exact) mass is 1560 g/mol. The highest BCUT2D eigenvalue weighted by Gasteiger charge is 2.45. The molecule has 103 heavy (non-hydrogen) atoms. The standard InChI is InChI=1S/C65H102N11O21P3S3/c1-3-4-6-15-56(81)67-51-37-102-35-47-30-46(34-101-29-19-66-55(80)18-28-98(92,93)39-72-22-24-73(40-99(94,95)42-77)26-27-74(25-23-72)41-100(96,97)43-78)31-48(32-47)36-103-38-52(65(90)91)70-60(85)50(33-45-11-7-5-8-12-45)69-59(84)49(16-17-57(82)83)68-62(87)58(44(2)79)71-61(86)53-13-9-20-75(53)64(89)54-14-10-21-76(54)63(51)88/h5,7-8,11-12,30-32,44,49-54,58,77-79H,3-4,6,9-10,13-29,33-43H2,1-2H3,(H,66,80)(H,67,81)(H,68,87)(H,69,84)(H,70,85)(H,71,86)(H,82,83)(H,90,91)(H,92,93)(H,94,95)(H,96,97)/t44-,49+,50+,51+,52?,53+,54+,58+/m1/s1. The van der Waals surface area contributed by atoms with Crippen LogP contribution in [0.3, 0.4) is 0 Å². The van der Waals surface area contributed by atoms with E-state index in [1.54, 1.807) is 45.0 Å². The van der Waals surface area contributed by atoms with Crippen LogP contribution in [0.5, 0.6) is 0 Å². The summed E-state index contributed by atoms with van der Waals surface area (Å²) in [7, 11) is -12.0. The lowest BCUT2D eigenvalue weighted by molar-refractivity contribution is -0.148. The number of carbonyl (C=O) groups is 10. The van der Waals surface area contributed by atoms with E-state index in [2.05, 4.69) is 31.9 Å². The zero-order valence-corrected chi connectivity index (χ0v) is 63.4. The van der Waals surface area contributed by atoms with Gasteiger partial charge in [0.1, 0.15) is 55.0 Å². The molecule has 6 rings (SSSR count). The maximum atomic E-state index is 14.9. The lowest BCUT2D eigenvalue weighted by atomic mass is 10.0. The highest BCUT2D eigenvalue weighted by Crippen LogP contribution is 2.43. The zero-order chi connectivity index (χ0) is 75.4. The Balaban J connectivity index is 1.22. The first-order chi connectivity index (χ1) is 48.9. The number of carboxylic acids is 2. The van der Waals surface area contributed by atoms with Crippen LogP contribution in [0.1, 0.15) is 107 Å². The van der Waals surface area contributed by atoms with E-state index >= 15 is 0 Å². The Bertz CT molecular complexity index is 3340. The number of hydrogen-bond donors (Lipinski definition) is 14. The highest BCUT2D eigenvalue weighted by molar-refractivity contribution is 7.99. The summed E-state index contributed by atoms with van der Waals surface area (Å²) >= 11 is 3.98. The molecule has 11 atom stereocenters. The van der Waals surface area contributed by atoms with Crippen LogP contribution >= 0.6 is 57.4 Å². The average molecular weight is 1560 g/mol. The fourth-order valence-electron chi connectivity index (χ4n) is 12.4. The molecule has 2 aromatic carbocycles. The molecule has 2 bridgehead atoms. The van der Waals surface area contributed by atoms with E-state index in [4.69, 9.17) is 0 Å². The van der Waals surface area contributed by atoms with Crippen molar-refractivity contribution in [2.24, 2.45) is 0 Å². The predicted octanol–water partition coefficient (Wildman–Crippen LogP) is 0.968. The number of aliphatic hydroxyl groups is 3. The van der Waals surface area contributed by atoms with Crippen LogP contribution in [0.4, 0.5) is 0 Å². The largest absolute Gasteiger partial charge is 0.481 e. The normalized spacial score (nSPS) is 24.6. The summed E-state index contributed by atoms with van der Waals surface area (Å²) in [5, 5.41) is 66.0. The third-order valence-corrected chi connectivity index (χ3v) is 25.4. The molecule has 0 radical (unpaired) electrons. The van der Waals surface area contributed by atoms with Gasteiger partial charge in [-0.15, -0.1) is 0 Å². The van der Waals surface area contributed by atoms with Crippen molar-refractivity contribution >= 4 is 117 Å². The van der Waals surface area contributed by atoms with Gasteiger partial charge in [-0.2, -0.15) is 35.3 Å². The first kappa shape index (κ1) is 86.4. The first-order valence-electron chi connectivity index (χ1n) is 34.6. The summed E-state index contributed by atoms with van der Waals surface area (Å²) in [6.45, 7) is 4.62. The Morgan fingerprint density at radius 3 is 1.75 bits per heavy atom. The Morgan fingerprint density at radius 1 is 0.631 bits per heavy atom. The molecular formula is C65H102N11O21P3S3. The van der Waals surface area contributed by atoms with Crippen molar-refractivity contribution in [3.8, 4) is 0 Å². The molecule has 4 aliphatic rings. The minimum Gasteiger partial charge on any atom is -0.481 e. The molecule has 2 aromatic rings. The second kappa shape index (κ2) is 42.8. The quantitative estimate of drug-likeness (QED) is 0.0417. The Morgan fingerprint density at radius 2 is 1.18 bits per heavy atom. The van der Waals surface area contributed by atoms with E-state index in [1.807, 2.05) is 25.1 Å². The topological polar surface area (TPSA) is 472 Å². The number of rotatable bonds is 28. The number of benzene rings is 2. The molecule has 8 amide bonds. The van der Waals surface area contributed by atoms with Gasteiger partial charge in [-0.05, 0) is 67.7 Å². The first-order valence-corrected chi connectivity index (χ1v) is 44.2. The number of nitrogens with zero attached hydrogens (tertiary/aromatic N) is 5. The number of thioether (sulfide) groups is 3. The molecule has 4 aliphatic heterocycles. The van der Waals surface area contributed by atoms with Gasteiger partial charge in [-0.1, -0.05) is 68.3 Å². The van der Waals surface area contributed by atoms with Crippen molar-refractivity contribution in [1.82, 2.24) is 56.4 Å². The Labute approximate surface area is 612 Å². The molecule has 4 heterocycles. The van der Waals surface area contributed by atoms with E-state index in [-0.39, 0.29) is 139 Å². The number of unbranched alkanes of at least 4 members (excludes halogenated alkanes) is 2. The number of fused-ring (bicyclic) bond motifs is 4. The number of aliphatic hydroxyl groups excluding tert-OH is 3. The van der Waals surface area contributed by atoms with Crippen molar-refractivity contribution in [2.45, 2.75) is 157 Å². The molecule has 38 heteroatoms. The average Bonchev–Trinajstić information content (AvgIpc) is 1.70. The van der Waals surface area contributed by atoms with Gasteiger partial charge in [0.15, 0.2) is 0 Å². The summed E-state index contributed by atoms with van der Waals surface area (Å²) in [5.41, 5.74) is 2.89. The number of amides is 8. The minimum atomic E-state index is -4.02. The van der Waals surface area contributed by atoms with Crippen molar-refractivity contribution in [2.75, 3.05) is 114 Å². The third-order valence-electron chi connectivity index (χ3n) is 17.8. The van der Waals surface area contributed by atoms with Crippen LogP contribution in [-0.2, 0) is 85.3 Å². The second-order valence-electron chi connectivity index (χ2n) is 26.5. The van der Waals surface area contributed by atoms with Crippen molar-refractivity contribution in [3.05, 3.63) is 70.8 Å². The molecule has 576 valence electrons. The highest BCUT2D eigenvalue weighted by atomic mass is 32.2. The predicted molar refractivity (Wildman–Crippen MR) is 390 cm³/mol. The number of nitrogens with one attached hydrogen (secondary N) is 6. The van der Waals surface area contributed by atoms with Crippen molar-refractivity contribution in [1.29, 1.82) is 0 Å². The molecule has 0 aromatic heterocycles. The molecule has 0 saturated carbocycles. The van der Waals surface area contributed by atoms with Gasteiger partial charge in [-0.25, -0.2) is 4.79 Å². The summed E-state index contributed by atoms with van der Waals surface area (Å²) in [5.74, 6) is -7.35. The summed E-state index contributed by atoms with van der Waals surface area (Å²) in [6.07, 6.45) is -3.22. The molecular weight excluding hydrogens is 1460 g/mol. The van der Waals surface area contributed by atoms with Crippen LogP contribution in [0, 0.1) is 0 Å². The zero-order valence-electron chi connectivity index (χ0n) is 58.3. The van der Waals surface area contributed by atoms with E-state index in [0.717, 1.165) is 29.5 Å². The van der Waals surface area contributed by atoms with Gasteiger partial charge in [-0.3, -0.25) is 71.5 Å². The molecule has 0 aliphatic carbocycles. The Kier molecular flexibility index (Phi) is 35.9. The number of aliphatic carboxylic acids is 2. The summed E-state index contributed by atoms with van der Waals surface area (Å²) in [4.78, 5) is 177. The minimum absolute atomic E-state index is 0.0748. The van der Waals surface area contributed by atoms with Gasteiger partial charge in [0.05, 0.1) is 25.0 Å². The smallest absolute Gasteiger partial charge is 0.327 e. The van der Waals surface area contributed by atoms with Crippen molar-refractivity contribution in [3.63, 3.8) is 0 Å². The van der Waals surface area contributed by atoms with Crippen LogP contribution in [-0.4, -0.2) is 286 Å². The van der Waals surface area contributed by atoms with E-state index in [0.29, 0.717) is 42.1 Å². The fraction of sp³-hybridized carbons (Fsp3) is 0.662. The second-order valence-corrected chi connectivity index (χ2v) is 36.6. The van der Waals surface area contributed by atoms with Crippen LogP contribution in [0.2, 0.25) is 0 Å². The third kappa shape index (κ3) is 29.7. The van der Waals surface area contributed by atoms with E-state index < -0.39 is 149 Å². The van der Waals surface area contributed by atoms with Crippen molar-refractivity contribution < 1.29 is 102 Å². The van der Waals surface area contributed by atoms with Gasteiger partial charge in [0, 0.05) is 125 Å². The molecule has 3 saturated heterocycles. The Hall–Kier alpha value is -5.48. The molecule has 32 nitrogen and oxygen atoms in total. The van der Waals surface area contributed by atoms with Crippen LogP contribution in [0.15, 0.2) is 48.5 Å². The number of hydrogen-bond acceptors (Lipinski definition) is 22. The number of carboxylic acid groups (broad SMARTS) is 2.